The molecule has 8 nitrogen and oxygen atoms in total. The fraction of sp³-hybridized carbons (Fsp3) is 0.429. The molecule has 0 radical (unpaired) electrons. The largest absolute Gasteiger partial charge is 0.359 e. The summed E-state index contributed by atoms with van der Waals surface area (Å²) in [6.07, 6.45) is 0. The third-order valence-electron chi connectivity index (χ3n) is 4.94. The number of ether oxygens (including phenoxy) is 8. The van der Waals surface area contributed by atoms with E-state index in [2.05, 4.69) is 65.6 Å². The van der Waals surface area contributed by atoms with Crippen molar-refractivity contribution in [2.45, 2.75) is 27.7 Å². The molecule has 0 aliphatic rings. The summed E-state index contributed by atoms with van der Waals surface area (Å²) in [6.45, 7) is 10.5. The second-order valence-electron chi connectivity index (χ2n) is 9.89. The average Bonchev–Trinajstić information content (AvgIpc) is 3.18. The molecule has 0 heterocycles. The Balaban J connectivity index is -0.000000152. The highest BCUT2D eigenvalue weighted by Gasteiger charge is 1.95. The highest BCUT2D eigenvalue weighted by Crippen LogP contribution is 2.05. The molecular weight excluding hydrogens is 632 g/mol. The van der Waals surface area contributed by atoms with E-state index >= 15 is 0 Å². The van der Waals surface area contributed by atoms with Gasteiger partial charge in [-0.15, -0.1) is 0 Å². The van der Waals surface area contributed by atoms with Crippen molar-refractivity contribution in [1.82, 2.24) is 0 Å². The van der Waals surface area contributed by atoms with E-state index in [0.717, 1.165) is 11.8 Å². The molecular formula is C42H70O8. The molecule has 8 heteroatoms. The van der Waals surface area contributed by atoms with Gasteiger partial charge in [-0.05, 0) is 11.8 Å². The maximum Gasteiger partial charge on any atom is 0.145 e. The number of rotatable bonds is 9. The Bertz CT molecular complexity index is 677. The molecule has 0 aliphatic heterocycles. The molecule has 0 atom stereocenters. The molecule has 4 rings (SSSR count). The van der Waals surface area contributed by atoms with E-state index in [1.807, 2.05) is 146 Å². The van der Waals surface area contributed by atoms with Crippen molar-refractivity contribution < 1.29 is 37.9 Å². The summed E-state index contributed by atoms with van der Waals surface area (Å²) in [7, 11) is 12.7. The zero-order chi connectivity index (χ0) is 38.6. The second-order valence-corrected chi connectivity index (χ2v) is 9.89. The van der Waals surface area contributed by atoms with E-state index in [4.69, 9.17) is 0 Å². The standard InChI is InChI=1S/4C6H6.C6H14.4C3H8O2/c4*1-2-4-6-5-3-1;1-5(2)6(3)4;4*1-4-3-5-2/h4*1-6H;5-6H,1-4H3;4*3H2,1-2H3. The molecule has 0 aromatic heterocycles. The van der Waals surface area contributed by atoms with Crippen LogP contribution in [0.3, 0.4) is 0 Å². The normalized spacial score (nSPS) is 8.52. The Morgan fingerprint density at radius 1 is 0.220 bits per heavy atom. The minimum atomic E-state index is 0.389. The van der Waals surface area contributed by atoms with Gasteiger partial charge in [0.05, 0.1) is 0 Å². The zero-order valence-corrected chi connectivity index (χ0v) is 33.1. The van der Waals surface area contributed by atoms with E-state index < -0.39 is 0 Å². The first-order valence-electron chi connectivity index (χ1n) is 16.2. The van der Waals surface area contributed by atoms with Crippen LogP contribution in [0.5, 0.6) is 0 Å². The third kappa shape index (κ3) is 79.8. The zero-order valence-electron chi connectivity index (χ0n) is 33.1. The molecule has 0 amide bonds. The summed E-state index contributed by atoms with van der Waals surface area (Å²) in [6, 6.07) is 48.0. The highest BCUT2D eigenvalue weighted by molar-refractivity contribution is 5.00. The molecule has 4 aromatic carbocycles. The minimum Gasteiger partial charge on any atom is -0.359 e. The van der Waals surface area contributed by atoms with Crippen LogP contribution in [0.2, 0.25) is 0 Å². The maximum atomic E-state index is 4.47. The smallest absolute Gasteiger partial charge is 0.145 e. The third-order valence-corrected chi connectivity index (χ3v) is 4.94. The van der Waals surface area contributed by atoms with E-state index in [1.165, 1.54) is 0 Å². The van der Waals surface area contributed by atoms with Crippen molar-refractivity contribution in [1.29, 1.82) is 0 Å². The summed E-state index contributed by atoms with van der Waals surface area (Å²) in [4.78, 5) is 0. The first-order chi connectivity index (χ1) is 24.3. The Morgan fingerprint density at radius 2 is 0.300 bits per heavy atom. The van der Waals surface area contributed by atoms with Gasteiger partial charge in [-0.3, -0.25) is 0 Å². The van der Waals surface area contributed by atoms with Crippen molar-refractivity contribution in [2.75, 3.05) is 84.1 Å². The number of benzene rings is 4. The van der Waals surface area contributed by atoms with Crippen LogP contribution < -0.4 is 0 Å². The summed E-state index contributed by atoms with van der Waals surface area (Å²) < 4.78 is 35.8. The lowest BCUT2D eigenvalue weighted by Crippen LogP contribution is -1.95. The van der Waals surface area contributed by atoms with E-state index in [1.54, 1.807) is 56.9 Å². The van der Waals surface area contributed by atoms with E-state index in [0.29, 0.717) is 27.2 Å². The number of hydrogen-bond donors (Lipinski definition) is 0. The van der Waals surface area contributed by atoms with Gasteiger partial charge < -0.3 is 37.9 Å². The van der Waals surface area contributed by atoms with Crippen LogP contribution in [0.15, 0.2) is 146 Å². The van der Waals surface area contributed by atoms with Gasteiger partial charge in [0.15, 0.2) is 0 Å². The van der Waals surface area contributed by atoms with Crippen molar-refractivity contribution in [3.8, 4) is 0 Å². The van der Waals surface area contributed by atoms with Gasteiger partial charge in [-0.2, -0.15) is 0 Å². The predicted octanol–water partition coefficient (Wildman–Crippen LogP) is 9.99. The van der Waals surface area contributed by atoms with Crippen molar-refractivity contribution in [2.24, 2.45) is 11.8 Å². The lowest BCUT2D eigenvalue weighted by molar-refractivity contribution is -0.00282. The molecule has 0 saturated carbocycles. The van der Waals surface area contributed by atoms with Gasteiger partial charge in [0.2, 0.25) is 0 Å². The monoisotopic (exact) mass is 703 g/mol. The Morgan fingerprint density at radius 3 is 0.320 bits per heavy atom. The van der Waals surface area contributed by atoms with Crippen LogP contribution in [-0.2, 0) is 37.9 Å². The summed E-state index contributed by atoms with van der Waals surface area (Å²) in [5.74, 6) is 1.70. The Kier molecular flexibility index (Phi) is 68.1. The van der Waals surface area contributed by atoms with Crippen LogP contribution in [0.1, 0.15) is 27.7 Å². The fourth-order valence-electron chi connectivity index (χ4n) is 2.01. The van der Waals surface area contributed by atoms with Crippen LogP contribution >= 0.6 is 0 Å². The molecule has 0 fully saturated rings. The van der Waals surface area contributed by atoms with Crippen molar-refractivity contribution in [3.05, 3.63) is 146 Å². The summed E-state index contributed by atoms with van der Waals surface area (Å²) >= 11 is 0. The molecule has 0 aliphatic carbocycles. The van der Waals surface area contributed by atoms with Crippen molar-refractivity contribution >= 4 is 0 Å². The van der Waals surface area contributed by atoms with Gasteiger partial charge in [-0.25, -0.2) is 0 Å². The number of hydrogen-bond acceptors (Lipinski definition) is 8. The average molecular weight is 703 g/mol. The van der Waals surface area contributed by atoms with Gasteiger partial charge in [-0.1, -0.05) is 173 Å². The fourth-order valence-corrected chi connectivity index (χ4v) is 2.01. The first kappa shape index (κ1) is 56.0. The lowest BCUT2D eigenvalue weighted by atomic mass is 10.0. The lowest BCUT2D eigenvalue weighted by Gasteiger charge is -2.05. The van der Waals surface area contributed by atoms with Gasteiger partial charge in [0.25, 0.3) is 0 Å². The van der Waals surface area contributed by atoms with Crippen LogP contribution in [0.25, 0.3) is 0 Å². The Labute approximate surface area is 306 Å². The van der Waals surface area contributed by atoms with Gasteiger partial charge in [0, 0.05) is 56.9 Å². The summed E-state index contributed by atoms with van der Waals surface area (Å²) in [5.41, 5.74) is 0. The van der Waals surface area contributed by atoms with Gasteiger partial charge in [0.1, 0.15) is 27.2 Å². The predicted molar refractivity (Wildman–Crippen MR) is 211 cm³/mol. The SMILES string of the molecule is CC(C)C(C)C.COCOC.COCOC.COCOC.COCOC.c1ccccc1.c1ccccc1.c1ccccc1.c1ccccc1. The molecule has 0 bridgehead atoms. The van der Waals surface area contributed by atoms with E-state index in [-0.39, 0.29) is 0 Å². The molecule has 4 aromatic rings. The van der Waals surface area contributed by atoms with Crippen LogP contribution in [0, 0.1) is 11.8 Å². The van der Waals surface area contributed by atoms with Crippen LogP contribution in [0.4, 0.5) is 0 Å². The highest BCUT2D eigenvalue weighted by atomic mass is 16.7. The second kappa shape index (κ2) is 60.8. The molecule has 0 N–H and O–H groups in total. The molecule has 0 spiro atoms. The van der Waals surface area contributed by atoms with E-state index in [9.17, 15) is 0 Å². The topological polar surface area (TPSA) is 73.8 Å². The summed E-state index contributed by atoms with van der Waals surface area (Å²) in [5, 5.41) is 0. The number of methoxy groups -OCH3 is 8. The Hall–Kier alpha value is -3.44. The minimum absolute atomic E-state index is 0.389. The quantitative estimate of drug-likeness (QED) is 0.160. The molecule has 0 unspecified atom stereocenters. The molecule has 0 saturated heterocycles. The maximum absolute atomic E-state index is 4.47. The molecule has 286 valence electrons. The molecule has 50 heavy (non-hydrogen) atoms. The van der Waals surface area contributed by atoms with Gasteiger partial charge >= 0.3 is 0 Å². The van der Waals surface area contributed by atoms with Crippen molar-refractivity contribution in [3.63, 3.8) is 0 Å². The van der Waals surface area contributed by atoms with Crippen LogP contribution in [-0.4, -0.2) is 84.1 Å². The first-order valence-corrected chi connectivity index (χ1v) is 16.2.